The first kappa shape index (κ1) is 14.7. The first-order chi connectivity index (χ1) is 9.56. The van der Waals surface area contributed by atoms with E-state index >= 15 is 0 Å². The minimum atomic E-state index is -0.819. The molecule has 110 valence electrons. The molecule has 0 bridgehead atoms. The smallest absolute Gasteiger partial charge is 0.314 e. The van der Waals surface area contributed by atoms with Gasteiger partial charge in [-0.2, -0.15) is 0 Å². The molecule has 1 fully saturated rings. The Balaban J connectivity index is 2.59. The molecule has 20 heavy (non-hydrogen) atoms. The van der Waals surface area contributed by atoms with Crippen LogP contribution in [0.5, 0.6) is 11.5 Å². The Bertz CT molecular complexity index is 501. The highest BCUT2D eigenvalue weighted by Gasteiger charge is 2.43. The van der Waals surface area contributed by atoms with Crippen molar-refractivity contribution in [2.75, 3.05) is 14.2 Å². The Hall–Kier alpha value is -1.71. The van der Waals surface area contributed by atoms with Gasteiger partial charge < -0.3 is 14.6 Å². The predicted molar refractivity (Wildman–Crippen MR) is 76.7 cm³/mol. The van der Waals surface area contributed by atoms with Crippen molar-refractivity contribution in [3.8, 4) is 11.5 Å². The third kappa shape index (κ3) is 2.23. The third-order valence-corrected chi connectivity index (χ3v) is 4.41. The predicted octanol–water partition coefficient (Wildman–Crippen LogP) is 3.30. The molecular formula is C16H22O4. The van der Waals surface area contributed by atoms with Gasteiger partial charge in [0.2, 0.25) is 0 Å². The Morgan fingerprint density at radius 1 is 1.15 bits per heavy atom. The van der Waals surface area contributed by atoms with E-state index in [9.17, 15) is 9.90 Å². The summed E-state index contributed by atoms with van der Waals surface area (Å²) in [6.45, 7) is 1.90. The Morgan fingerprint density at radius 3 is 2.30 bits per heavy atom. The lowest BCUT2D eigenvalue weighted by Crippen LogP contribution is -2.38. The van der Waals surface area contributed by atoms with Gasteiger partial charge in [-0.3, -0.25) is 4.79 Å². The molecule has 1 saturated carbocycles. The third-order valence-electron chi connectivity index (χ3n) is 4.41. The molecule has 1 aliphatic rings. The van der Waals surface area contributed by atoms with Crippen LogP contribution in [0.3, 0.4) is 0 Å². The molecule has 4 nitrogen and oxygen atoms in total. The normalized spacial score (nSPS) is 17.6. The minimum absolute atomic E-state index is 0.647. The molecule has 0 aliphatic heterocycles. The first-order valence-corrected chi connectivity index (χ1v) is 7.02. The van der Waals surface area contributed by atoms with Crippen LogP contribution < -0.4 is 9.47 Å². The van der Waals surface area contributed by atoms with Gasteiger partial charge in [-0.25, -0.2) is 0 Å². The maximum atomic E-state index is 11.9. The zero-order valence-corrected chi connectivity index (χ0v) is 12.4. The monoisotopic (exact) mass is 278 g/mol. The summed E-state index contributed by atoms with van der Waals surface area (Å²) in [7, 11) is 3.19. The minimum Gasteiger partial charge on any atom is -0.496 e. The summed E-state index contributed by atoms with van der Waals surface area (Å²) < 4.78 is 10.8. The van der Waals surface area contributed by atoms with E-state index < -0.39 is 11.4 Å². The molecule has 0 radical (unpaired) electrons. The SMILES string of the molecule is COc1ccc(C2(C(=O)O)CCCCC2)c(OC)c1C. The molecule has 2 rings (SSSR count). The molecule has 0 aromatic heterocycles. The zero-order valence-electron chi connectivity index (χ0n) is 12.4. The van der Waals surface area contributed by atoms with Crippen molar-refractivity contribution >= 4 is 5.97 Å². The van der Waals surface area contributed by atoms with Crippen LogP contribution in [0.4, 0.5) is 0 Å². The molecular weight excluding hydrogens is 256 g/mol. The topological polar surface area (TPSA) is 55.8 Å². The van der Waals surface area contributed by atoms with Crippen molar-refractivity contribution in [1.82, 2.24) is 0 Å². The van der Waals surface area contributed by atoms with Gasteiger partial charge in [0.05, 0.1) is 19.6 Å². The summed E-state index contributed by atoms with van der Waals surface area (Å²) in [6.07, 6.45) is 4.34. The maximum Gasteiger partial charge on any atom is 0.314 e. The van der Waals surface area contributed by atoms with Gasteiger partial charge in [-0.05, 0) is 25.8 Å². The average Bonchev–Trinajstić information content (AvgIpc) is 2.47. The highest BCUT2D eigenvalue weighted by molar-refractivity contribution is 5.83. The molecule has 0 amide bonds. The molecule has 0 spiro atoms. The fourth-order valence-corrected chi connectivity index (χ4v) is 3.29. The maximum absolute atomic E-state index is 11.9. The number of hydrogen-bond donors (Lipinski definition) is 1. The summed E-state index contributed by atoms with van der Waals surface area (Å²) in [6, 6.07) is 3.69. The van der Waals surface area contributed by atoms with Crippen LogP contribution >= 0.6 is 0 Å². The second kappa shape index (κ2) is 5.73. The van der Waals surface area contributed by atoms with Gasteiger partial charge in [-0.1, -0.05) is 25.3 Å². The lowest BCUT2D eigenvalue weighted by atomic mass is 9.69. The number of carboxylic acids is 1. The lowest BCUT2D eigenvalue weighted by Gasteiger charge is -2.35. The van der Waals surface area contributed by atoms with Gasteiger partial charge in [-0.15, -0.1) is 0 Å². The lowest BCUT2D eigenvalue weighted by molar-refractivity contribution is -0.145. The summed E-state index contributed by atoms with van der Waals surface area (Å²) in [5, 5.41) is 9.79. The number of carbonyl (C=O) groups is 1. The van der Waals surface area contributed by atoms with Gasteiger partial charge in [0.25, 0.3) is 0 Å². The van der Waals surface area contributed by atoms with Gasteiger partial charge in [0, 0.05) is 11.1 Å². The van der Waals surface area contributed by atoms with E-state index in [1.165, 1.54) is 0 Å². The van der Waals surface area contributed by atoms with Crippen molar-refractivity contribution < 1.29 is 19.4 Å². The Morgan fingerprint density at radius 2 is 1.80 bits per heavy atom. The van der Waals surface area contributed by atoms with Crippen molar-refractivity contribution in [2.24, 2.45) is 0 Å². The molecule has 1 N–H and O–H groups in total. The Kier molecular flexibility index (Phi) is 4.21. The van der Waals surface area contributed by atoms with Crippen LogP contribution in [0.2, 0.25) is 0 Å². The number of aliphatic carboxylic acids is 1. The summed E-state index contributed by atoms with van der Waals surface area (Å²) >= 11 is 0. The van der Waals surface area contributed by atoms with Crippen molar-refractivity contribution in [3.05, 3.63) is 23.3 Å². The van der Waals surface area contributed by atoms with Crippen LogP contribution in [0, 0.1) is 6.92 Å². The fourth-order valence-electron chi connectivity index (χ4n) is 3.29. The highest BCUT2D eigenvalue weighted by atomic mass is 16.5. The standard InChI is InChI=1S/C16H22O4/c1-11-13(19-2)8-7-12(14(11)20-3)16(15(17)18)9-5-4-6-10-16/h7-8H,4-6,9-10H2,1-3H3,(H,17,18). The molecule has 1 aromatic rings. The number of rotatable bonds is 4. The van der Waals surface area contributed by atoms with E-state index in [1.54, 1.807) is 14.2 Å². The summed E-state index contributed by atoms with van der Waals surface area (Å²) in [5.41, 5.74) is 0.824. The van der Waals surface area contributed by atoms with Crippen molar-refractivity contribution in [3.63, 3.8) is 0 Å². The number of benzene rings is 1. The molecule has 1 aromatic carbocycles. The van der Waals surface area contributed by atoms with E-state index in [0.717, 1.165) is 36.1 Å². The average molecular weight is 278 g/mol. The van der Waals surface area contributed by atoms with Gasteiger partial charge in [0.1, 0.15) is 11.5 Å². The number of carboxylic acid groups (broad SMARTS) is 1. The molecule has 0 atom stereocenters. The van der Waals surface area contributed by atoms with E-state index in [1.807, 2.05) is 19.1 Å². The molecule has 4 heteroatoms. The van der Waals surface area contributed by atoms with E-state index in [0.29, 0.717) is 18.6 Å². The number of methoxy groups -OCH3 is 2. The Labute approximate surface area is 119 Å². The largest absolute Gasteiger partial charge is 0.496 e. The van der Waals surface area contributed by atoms with E-state index in [-0.39, 0.29) is 0 Å². The number of hydrogen-bond acceptors (Lipinski definition) is 3. The molecule has 0 saturated heterocycles. The molecule has 1 aliphatic carbocycles. The molecule has 0 heterocycles. The summed E-state index contributed by atoms with van der Waals surface area (Å²) in [5.74, 6) is 0.621. The highest BCUT2D eigenvalue weighted by Crippen LogP contribution is 2.46. The van der Waals surface area contributed by atoms with E-state index in [2.05, 4.69) is 0 Å². The second-order valence-corrected chi connectivity index (χ2v) is 5.42. The van der Waals surface area contributed by atoms with Crippen molar-refractivity contribution in [1.29, 1.82) is 0 Å². The number of ether oxygens (including phenoxy) is 2. The van der Waals surface area contributed by atoms with Crippen LogP contribution in [-0.4, -0.2) is 25.3 Å². The van der Waals surface area contributed by atoms with Gasteiger partial charge in [0.15, 0.2) is 0 Å². The van der Waals surface area contributed by atoms with Crippen LogP contribution in [0.1, 0.15) is 43.2 Å². The van der Waals surface area contributed by atoms with Crippen molar-refractivity contribution in [2.45, 2.75) is 44.4 Å². The van der Waals surface area contributed by atoms with Crippen LogP contribution in [0.15, 0.2) is 12.1 Å². The summed E-state index contributed by atoms with van der Waals surface area (Å²) in [4.78, 5) is 11.9. The zero-order chi connectivity index (χ0) is 14.8. The van der Waals surface area contributed by atoms with Gasteiger partial charge >= 0.3 is 5.97 Å². The van der Waals surface area contributed by atoms with Crippen LogP contribution in [0.25, 0.3) is 0 Å². The second-order valence-electron chi connectivity index (χ2n) is 5.42. The molecule has 0 unspecified atom stereocenters. The quantitative estimate of drug-likeness (QED) is 0.918. The fraction of sp³-hybridized carbons (Fsp3) is 0.562. The van der Waals surface area contributed by atoms with E-state index in [4.69, 9.17) is 9.47 Å². The first-order valence-electron chi connectivity index (χ1n) is 7.02. The van der Waals surface area contributed by atoms with Crippen LogP contribution in [-0.2, 0) is 10.2 Å².